The second kappa shape index (κ2) is 8.81. The van der Waals surface area contributed by atoms with Crippen LogP contribution in [0.1, 0.15) is 66.7 Å². The SMILES string of the molecule is CC1=CCCC(C)(O)C(O)C=C(C(C)C)C(O)CC(C)=CCC1. The minimum Gasteiger partial charge on any atom is -0.388 e. The molecule has 0 radical (unpaired) electrons. The van der Waals surface area contributed by atoms with Crippen molar-refractivity contribution in [3.8, 4) is 0 Å². The van der Waals surface area contributed by atoms with E-state index in [0.29, 0.717) is 12.8 Å². The fourth-order valence-corrected chi connectivity index (χ4v) is 2.96. The second-order valence-electron chi connectivity index (χ2n) is 7.52. The minimum atomic E-state index is -1.19. The smallest absolute Gasteiger partial charge is 0.101 e. The van der Waals surface area contributed by atoms with Gasteiger partial charge in [0.05, 0.1) is 11.7 Å². The Labute approximate surface area is 141 Å². The highest BCUT2D eigenvalue weighted by atomic mass is 16.3. The van der Waals surface area contributed by atoms with Gasteiger partial charge in [0.15, 0.2) is 0 Å². The first-order valence-electron chi connectivity index (χ1n) is 8.75. The van der Waals surface area contributed by atoms with Crippen molar-refractivity contribution in [1.82, 2.24) is 0 Å². The Morgan fingerprint density at radius 1 is 1.09 bits per heavy atom. The van der Waals surface area contributed by atoms with Gasteiger partial charge in [0.2, 0.25) is 0 Å². The maximum atomic E-state index is 10.6. The van der Waals surface area contributed by atoms with Crippen LogP contribution in [0.2, 0.25) is 0 Å². The van der Waals surface area contributed by atoms with Crippen LogP contribution in [0.3, 0.4) is 0 Å². The van der Waals surface area contributed by atoms with Gasteiger partial charge in [-0.15, -0.1) is 0 Å². The molecular weight excluding hydrogens is 288 g/mol. The molecule has 1 aliphatic carbocycles. The Morgan fingerprint density at radius 2 is 1.70 bits per heavy atom. The molecule has 0 saturated carbocycles. The van der Waals surface area contributed by atoms with Crippen LogP contribution >= 0.6 is 0 Å². The third-order valence-electron chi connectivity index (χ3n) is 4.73. The number of aliphatic hydroxyl groups is 3. The molecule has 3 atom stereocenters. The number of hydrogen-bond acceptors (Lipinski definition) is 3. The van der Waals surface area contributed by atoms with Gasteiger partial charge in [-0.2, -0.15) is 0 Å². The van der Waals surface area contributed by atoms with Crippen LogP contribution in [-0.2, 0) is 0 Å². The van der Waals surface area contributed by atoms with Crippen LogP contribution in [0.4, 0.5) is 0 Å². The monoisotopic (exact) mass is 322 g/mol. The minimum absolute atomic E-state index is 0.123. The first kappa shape index (κ1) is 20.1. The number of aliphatic hydroxyl groups excluding tert-OH is 2. The van der Waals surface area contributed by atoms with Gasteiger partial charge in [-0.1, -0.05) is 43.2 Å². The summed E-state index contributed by atoms with van der Waals surface area (Å²) in [4.78, 5) is 0. The molecule has 3 unspecified atom stereocenters. The standard InChI is InChI=1S/C20H34O3/c1-14(2)17-13-19(22)20(5,23)11-7-10-15(3)8-6-9-16(4)12-18(17)21/h9-10,13-14,18-19,21-23H,6-8,11-12H2,1-5H3. The van der Waals surface area contributed by atoms with E-state index in [1.165, 1.54) is 5.57 Å². The van der Waals surface area contributed by atoms with Crippen molar-refractivity contribution >= 4 is 0 Å². The van der Waals surface area contributed by atoms with Crippen LogP contribution in [-0.4, -0.2) is 33.1 Å². The van der Waals surface area contributed by atoms with E-state index < -0.39 is 17.8 Å². The average Bonchev–Trinajstić information content (AvgIpc) is 2.42. The van der Waals surface area contributed by atoms with E-state index in [1.54, 1.807) is 13.0 Å². The molecule has 3 heteroatoms. The lowest BCUT2D eigenvalue weighted by atomic mass is 9.86. The molecule has 0 fully saturated rings. The van der Waals surface area contributed by atoms with Gasteiger partial charge in [0.25, 0.3) is 0 Å². The molecule has 1 rings (SSSR count). The van der Waals surface area contributed by atoms with E-state index >= 15 is 0 Å². The maximum absolute atomic E-state index is 10.6. The fourth-order valence-electron chi connectivity index (χ4n) is 2.96. The van der Waals surface area contributed by atoms with Gasteiger partial charge >= 0.3 is 0 Å². The molecule has 3 N–H and O–H groups in total. The molecule has 3 nitrogen and oxygen atoms in total. The average molecular weight is 322 g/mol. The van der Waals surface area contributed by atoms with Crippen molar-refractivity contribution < 1.29 is 15.3 Å². The summed E-state index contributed by atoms with van der Waals surface area (Å²) in [6.07, 6.45) is 8.18. The second-order valence-corrected chi connectivity index (χ2v) is 7.52. The third-order valence-corrected chi connectivity index (χ3v) is 4.73. The van der Waals surface area contributed by atoms with E-state index in [9.17, 15) is 15.3 Å². The van der Waals surface area contributed by atoms with Crippen molar-refractivity contribution in [2.75, 3.05) is 0 Å². The zero-order valence-electron chi connectivity index (χ0n) is 15.3. The molecule has 0 aromatic rings. The molecule has 0 spiro atoms. The summed E-state index contributed by atoms with van der Waals surface area (Å²) in [6.45, 7) is 9.82. The molecule has 0 aromatic carbocycles. The van der Waals surface area contributed by atoms with E-state index in [-0.39, 0.29) is 5.92 Å². The lowest BCUT2D eigenvalue weighted by Gasteiger charge is -2.29. The molecule has 0 aromatic heterocycles. The van der Waals surface area contributed by atoms with Gasteiger partial charge in [0, 0.05) is 0 Å². The van der Waals surface area contributed by atoms with Crippen LogP contribution in [0, 0.1) is 5.92 Å². The normalized spacial score (nSPS) is 32.0. The molecule has 0 saturated heterocycles. The number of allylic oxidation sites excluding steroid dienone is 3. The Morgan fingerprint density at radius 3 is 2.30 bits per heavy atom. The molecule has 132 valence electrons. The van der Waals surface area contributed by atoms with Crippen LogP contribution < -0.4 is 0 Å². The van der Waals surface area contributed by atoms with Gasteiger partial charge < -0.3 is 15.3 Å². The quantitative estimate of drug-likeness (QED) is 0.642. The summed E-state index contributed by atoms with van der Waals surface area (Å²) in [6, 6.07) is 0. The predicted molar refractivity (Wildman–Crippen MR) is 96.2 cm³/mol. The summed E-state index contributed by atoms with van der Waals surface area (Å²) in [5, 5.41) is 31.5. The first-order chi connectivity index (χ1) is 10.6. The molecule has 0 bridgehead atoms. The van der Waals surface area contributed by atoms with Crippen molar-refractivity contribution in [1.29, 1.82) is 0 Å². The van der Waals surface area contributed by atoms with E-state index in [0.717, 1.165) is 30.4 Å². The molecule has 0 aliphatic heterocycles. The van der Waals surface area contributed by atoms with Crippen LogP contribution in [0.25, 0.3) is 0 Å². The number of hydrogen-bond donors (Lipinski definition) is 3. The van der Waals surface area contributed by atoms with Gasteiger partial charge in [-0.25, -0.2) is 0 Å². The van der Waals surface area contributed by atoms with Crippen molar-refractivity contribution in [3.05, 3.63) is 34.9 Å². The largest absolute Gasteiger partial charge is 0.388 e. The van der Waals surface area contributed by atoms with E-state index in [4.69, 9.17) is 0 Å². The van der Waals surface area contributed by atoms with Crippen molar-refractivity contribution in [2.45, 2.75) is 84.5 Å². The Kier molecular flexibility index (Phi) is 7.72. The molecule has 0 heterocycles. The maximum Gasteiger partial charge on any atom is 0.101 e. The van der Waals surface area contributed by atoms with Gasteiger partial charge in [0.1, 0.15) is 6.10 Å². The fraction of sp³-hybridized carbons (Fsp3) is 0.700. The van der Waals surface area contributed by atoms with Crippen LogP contribution in [0.15, 0.2) is 34.9 Å². The molecule has 23 heavy (non-hydrogen) atoms. The van der Waals surface area contributed by atoms with E-state index in [1.807, 2.05) is 20.8 Å². The van der Waals surface area contributed by atoms with Crippen molar-refractivity contribution in [3.63, 3.8) is 0 Å². The molecular formula is C20H34O3. The number of rotatable bonds is 1. The lowest BCUT2D eigenvalue weighted by molar-refractivity contribution is -0.0437. The highest BCUT2D eigenvalue weighted by molar-refractivity contribution is 5.19. The molecule has 0 amide bonds. The Balaban J connectivity index is 3.12. The lowest BCUT2D eigenvalue weighted by Crippen LogP contribution is -2.38. The molecule has 1 aliphatic rings. The zero-order chi connectivity index (χ0) is 17.6. The zero-order valence-corrected chi connectivity index (χ0v) is 15.3. The summed E-state index contributed by atoms with van der Waals surface area (Å²) in [7, 11) is 0. The Hall–Kier alpha value is -0.900. The summed E-state index contributed by atoms with van der Waals surface area (Å²) >= 11 is 0. The Bertz CT molecular complexity index is 469. The highest BCUT2D eigenvalue weighted by Crippen LogP contribution is 2.26. The predicted octanol–water partition coefficient (Wildman–Crippen LogP) is 3.90. The van der Waals surface area contributed by atoms with Gasteiger partial charge in [-0.05, 0) is 64.4 Å². The van der Waals surface area contributed by atoms with Gasteiger partial charge in [-0.3, -0.25) is 0 Å². The topological polar surface area (TPSA) is 60.7 Å². The highest BCUT2D eigenvalue weighted by Gasteiger charge is 2.29. The first-order valence-corrected chi connectivity index (χ1v) is 8.75. The van der Waals surface area contributed by atoms with Crippen molar-refractivity contribution in [2.24, 2.45) is 5.92 Å². The summed E-state index contributed by atoms with van der Waals surface area (Å²) in [5.74, 6) is 0.123. The summed E-state index contributed by atoms with van der Waals surface area (Å²) in [5.41, 5.74) is 2.07. The third kappa shape index (κ3) is 6.62. The van der Waals surface area contributed by atoms with E-state index in [2.05, 4.69) is 19.1 Å². The summed E-state index contributed by atoms with van der Waals surface area (Å²) < 4.78 is 0. The van der Waals surface area contributed by atoms with Crippen LogP contribution in [0.5, 0.6) is 0 Å².